The lowest BCUT2D eigenvalue weighted by Crippen LogP contribution is -2.56. The first kappa shape index (κ1) is 22.4. The zero-order valence-electron chi connectivity index (χ0n) is 18.5. The normalized spacial score (nSPS) is 20.3. The van der Waals surface area contributed by atoms with Gasteiger partial charge in [-0.15, -0.1) is 0 Å². The second kappa shape index (κ2) is 8.43. The number of amides is 1. The lowest BCUT2D eigenvalue weighted by atomic mass is 10.1. The van der Waals surface area contributed by atoms with Gasteiger partial charge in [-0.25, -0.2) is 13.4 Å². The molecule has 1 saturated heterocycles. The van der Waals surface area contributed by atoms with Gasteiger partial charge in [-0.05, 0) is 37.7 Å². The maximum atomic E-state index is 13.3. The molecular weight excluding hydrogens is 466 g/mol. The number of benzene rings is 1. The second-order valence-corrected chi connectivity index (χ2v) is 11.0. The molecule has 0 bridgehead atoms. The van der Waals surface area contributed by atoms with E-state index >= 15 is 0 Å². The van der Waals surface area contributed by atoms with Gasteiger partial charge in [-0.1, -0.05) is 18.5 Å². The number of rotatable bonds is 4. The molecule has 0 aliphatic carbocycles. The van der Waals surface area contributed by atoms with Crippen molar-refractivity contribution in [1.82, 2.24) is 24.1 Å². The number of H-pyrrole nitrogens is 1. The van der Waals surface area contributed by atoms with Gasteiger partial charge in [0.2, 0.25) is 0 Å². The summed E-state index contributed by atoms with van der Waals surface area (Å²) in [6, 6.07) is 6.53. The van der Waals surface area contributed by atoms with Crippen molar-refractivity contribution in [2.24, 2.45) is 0 Å². The summed E-state index contributed by atoms with van der Waals surface area (Å²) in [5, 5.41) is 1.41. The number of carbonyl (C=O) groups is 1. The summed E-state index contributed by atoms with van der Waals surface area (Å²) >= 11 is 6.04. The quantitative estimate of drug-likeness (QED) is 0.602. The molecule has 5 rings (SSSR count). The third-order valence-electron chi connectivity index (χ3n) is 6.46. The molecule has 4 heterocycles. The van der Waals surface area contributed by atoms with E-state index in [1.807, 2.05) is 14.0 Å². The highest BCUT2D eigenvalue weighted by atomic mass is 35.5. The van der Waals surface area contributed by atoms with Crippen LogP contribution in [0.15, 0.2) is 33.7 Å². The molecule has 1 unspecified atom stereocenters. The Balaban J connectivity index is 1.35. The fourth-order valence-corrected chi connectivity index (χ4v) is 6.22. The van der Waals surface area contributed by atoms with Gasteiger partial charge >= 0.3 is 5.91 Å². The van der Waals surface area contributed by atoms with Crippen LogP contribution in [0.25, 0.3) is 10.9 Å². The van der Waals surface area contributed by atoms with Crippen molar-refractivity contribution in [2.75, 3.05) is 33.2 Å². The summed E-state index contributed by atoms with van der Waals surface area (Å²) < 4.78 is 33.9. The first-order valence-corrected chi connectivity index (χ1v) is 12.8. The molecular formula is C22H26ClN5O4S. The number of oxazole rings is 1. The second-order valence-electron chi connectivity index (χ2n) is 8.67. The van der Waals surface area contributed by atoms with Crippen molar-refractivity contribution in [2.45, 2.75) is 37.4 Å². The molecule has 0 saturated carbocycles. The van der Waals surface area contributed by atoms with E-state index < -0.39 is 10.0 Å². The van der Waals surface area contributed by atoms with Crippen LogP contribution >= 0.6 is 11.6 Å². The van der Waals surface area contributed by atoms with Crippen LogP contribution in [-0.2, 0) is 23.0 Å². The molecule has 1 aromatic carbocycles. The van der Waals surface area contributed by atoms with Gasteiger partial charge in [-0.3, -0.25) is 9.69 Å². The summed E-state index contributed by atoms with van der Waals surface area (Å²) in [7, 11) is -1.75. The van der Waals surface area contributed by atoms with Gasteiger partial charge in [-0.2, -0.15) is 4.31 Å². The Kier molecular flexibility index (Phi) is 5.72. The Morgan fingerprint density at radius 1 is 1.27 bits per heavy atom. The Hall–Kier alpha value is -2.40. The number of aromatic nitrogens is 2. The number of hydrogen-bond donors (Lipinski definition) is 1. The molecule has 1 atom stereocenters. The number of hydrogen-bond acceptors (Lipinski definition) is 6. The zero-order valence-corrected chi connectivity index (χ0v) is 20.1. The number of aromatic amines is 1. The van der Waals surface area contributed by atoms with Crippen molar-refractivity contribution in [3.63, 3.8) is 0 Å². The standard InChI is InChI=1S/C22H26ClN5O4S/c1-3-16-12-27(33(30,31)20-11-14-10-15(23)4-5-17(14)24-20)8-9-28(16)22(29)21-25-18-6-7-26(2)13-19(18)32-21/h4-5,10-11,16,24H,3,6-9,12-13H2,1-2H3. The average molecular weight is 492 g/mol. The minimum atomic E-state index is -3.75. The number of nitrogens with zero attached hydrogens (tertiary/aromatic N) is 4. The lowest BCUT2D eigenvalue weighted by molar-refractivity contribution is 0.0516. The van der Waals surface area contributed by atoms with Gasteiger partial charge in [0.05, 0.1) is 12.2 Å². The highest BCUT2D eigenvalue weighted by Crippen LogP contribution is 2.27. The predicted octanol–water partition coefficient (Wildman–Crippen LogP) is 2.72. The van der Waals surface area contributed by atoms with Crippen molar-refractivity contribution in [3.8, 4) is 0 Å². The minimum absolute atomic E-state index is 0.0950. The number of likely N-dealkylation sites (N-methyl/N-ethyl adjacent to an activating group) is 1. The highest BCUT2D eigenvalue weighted by Gasteiger charge is 2.38. The van der Waals surface area contributed by atoms with Gasteiger partial charge < -0.3 is 14.3 Å². The third kappa shape index (κ3) is 4.05. The number of halogens is 1. The first-order valence-electron chi connectivity index (χ1n) is 11.0. The summed E-state index contributed by atoms with van der Waals surface area (Å²) in [5.41, 5.74) is 1.54. The zero-order chi connectivity index (χ0) is 23.3. The van der Waals surface area contributed by atoms with Crippen LogP contribution in [0.1, 0.15) is 35.5 Å². The van der Waals surface area contributed by atoms with Gasteiger partial charge in [0.25, 0.3) is 15.9 Å². The lowest BCUT2D eigenvalue weighted by Gasteiger charge is -2.39. The third-order valence-corrected chi connectivity index (χ3v) is 8.48. The Labute approximate surface area is 197 Å². The van der Waals surface area contributed by atoms with Crippen LogP contribution < -0.4 is 0 Å². The summed E-state index contributed by atoms with van der Waals surface area (Å²) in [4.78, 5) is 24.5. The molecule has 9 nitrogen and oxygen atoms in total. The number of nitrogens with one attached hydrogen (secondary N) is 1. The van der Waals surface area contributed by atoms with E-state index in [9.17, 15) is 13.2 Å². The molecule has 0 spiro atoms. The molecule has 0 radical (unpaired) electrons. The molecule has 3 aromatic rings. The predicted molar refractivity (Wildman–Crippen MR) is 124 cm³/mol. The number of fused-ring (bicyclic) bond motifs is 2. The molecule has 1 amide bonds. The van der Waals surface area contributed by atoms with Crippen molar-refractivity contribution in [1.29, 1.82) is 0 Å². The first-order chi connectivity index (χ1) is 15.8. The number of sulfonamides is 1. The van der Waals surface area contributed by atoms with Crippen LogP contribution in [0, 0.1) is 0 Å². The fraction of sp³-hybridized carbons (Fsp3) is 0.455. The van der Waals surface area contributed by atoms with E-state index in [2.05, 4.69) is 14.9 Å². The molecule has 2 aliphatic rings. The molecule has 176 valence electrons. The maximum Gasteiger partial charge on any atom is 0.310 e. The van der Waals surface area contributed by atoms with Crippen LogP contribution in [0.2, 0.25) is 5.02 Å². The topological polar surface area (TPSA) is 103 Å². The Morgan fingerprint density at radius 2 is 2.09 bits per heavy atom. The van der Waals surface area contributed by atoms with E-state index in [4.69, 9.17) is 16.0 Å². The van der Waals surface area contributed by atoms with Gasteiger partial charge in [0.15, 0.2) is 0 Å². The van der Waals surface area contributed by atoms with Crippen molar-refractivity contribution < 1.29 is 17.6 Å². The summed E-state index contributed by atoms with van der Waals surface area (Å²) in [5.74, 6) is 0.550. The van der Waals surface area contributed by atoms with Crippen LogP contribution in [0.5, 0.6) is 0 Å². The molecule has 11 heteroatoms. The summed E-state index contributed by atoms with van der Waals surface area (Å²) in [6.07, 6.45) is 1.37. The smallest absolute Gasteiger partial charge is 0.310 e. The largest absolute Gasteiger partial charge is 0.436 e. The van der Waals surface area contributed by atoms with Gasteiger partial charge in [0.1, 0.15) is 10.8 Å². The average Bonchev–Trinajstić information content (AvgIpc) is 3.42. The monoisotopic (exact) mass is 491 g/mol. The van der Waals surface area contributed by atoms with E-state index in [0.717, 1.165) is 29.8 Å². The van der Waals surface area contributed by atoms with E-state index in [1.54, 1.807) is 29.2 Å². The van der Waals surface area contributed by atoms with E-state index in [0.29, 0.717) is 23.5 Å². The van der Waals surface area contributed by atoms with E-state index in [1.165, 1.54) is 4.31 Å². The van der Waals surface area contributed by atoms with E-state index in [-0.39, 0.29) is 42.5 Å². The van der Waals surface area contributed by atoms with Crippen LogP contribution in [0.3, 0.4) is 0 Å². The molecule has 2 aliphatic heterocycles. The molecule has 1 N–H and O–H groups in total. The van der Waals surface area contributed by atoms with Crippen LogP contribution in [0.4, 0.5) is 0 Å². The highest BCUT2D eigenvalue weighted by molar-refractivity contribution is 7.89. The Bertz CT molecular complexity index is 1320. The van der Waals surface area contributed by atoms with Gasteiger partial charge in [0, 0.05) is 54.6 Å². The fourth-order valence-electron chi connectivity index (χ4n) is 4.55. The Morgan fingerprint density at radius 3 is 2.88 bits per heavy atom. The number of piperazine rings is 1. The summed E-state index contributed by atoms with van der Waals surface area (Å²) in [6.45, 7) is 4.14. The SMILES string of the molecule is CCC1CN(S(=O)(=O)c2cc3cc(Cl)ccc3[nH]2)CCN1C(=O)c1nc2c(o1)CN(C)CC2. The molecule has 33 heavy (non-hydrogen) atoms. The molecule has 1 fully saturated rings. The van der Waals surface area contributed by atoms with Crippen molar-refractivity contribution >= 4 is 38.4 Å². The maximum absolute atomic E-state index is 13.3. The molecule has 2 aromatic heterocycles. The number of carbonyl (C=O) groups excluding carboxylic acids is 1. The van der Waals surface area contributed by atoms with Crippen molar-refractivity contribution in [3.05, 3.63) is 46.6 Å². The van der Waals surface area contributed by atoms with Crippen LogP contribution in [-0.4, -0.2) is 77.7 Å². The minimum Gasteiger partial charge on any atom is -0.436 e.